The van der Waals surface area contributed by atoms with Gasteiger partial charge in [-0.2, -0.15) is 0 Å². The van der Waals surface area contributed by atoms with Gasteiger partial charge in [0.05, 0.1) is 12.1 Å². The van der Waals surface area contributed by atoms with Crippen molar-refractivity contribution in [1.82, 2.24) is 4.90 Å². The van der Waals surface area contributed by atoms with Gasteiger partial charge in [-0.05, 0) is 72.5 Å². The first-order chi connectivity index (χ1) is 14.8. The lowest BCUT2D eigenvalue weighted by molar-refractivity contribution is -0.137. The number of hydrogen-bond donors (Lipinski definition) is 1. The fourth-order valence-corrected chi connectivity index (χ4v) is 3.68. The Bertz CT molecular complexity index is 1180. The van der Waals surface area contributed by atoms with E-state index in [0.29, 0.717) is 16.8 Å². The number of amides is 2. The third kappa shape index (κ3) is 4.23. The molecule has 6 heteroatoms. The predicted molar refractivity (Wildman–Crippen MR) is 115 cm³/mol. The van der Waals surface area contributed by atoms with Crippen LogP contribution in [0.4, 0.5) is 14.5 Å². The van der Waals surface area contributed by atoms with Crippen LogP contribution in [-0.2, 0) is 16.1 Å². The summed E-state index contributed by atoms with van der Waals surface area (Å²) in [5.74, 6) is -1.82. The van der Waals surface area contributed by atoms with Crippen molar-refractivity contribution in [1.29, 1.82) is 0 Å². The van der Waals surface area contributed by atoms with Crippen molar-refractivity contribution >= 4 is 23.1 Å². The number of hydrogen-bond acceptors (Lipinski definition) is 3. The summed E-state index contributed by atoms with van der Waals surface area (Å²) in [7, 11) is 0. The van der Waals surface area contributed by atoms with Crippen molar-refractivity contribution in [2.45, 2.75) is 20.4 Å². The fraction of sp³-hybridized carbons (Fsp3) is 0.120. The first-order valence-corrected chi connectivity index (χ1v) is 9.78. The number of nitrogens with one attached hydrogen (secondary N) is 1. The molecule has 0 aliphatic carbocycles. The molecule has 4 rings (SSSR count). The smallest absolute Gasteiger partial charge is 0.278 e. The van der Waals surface area contributed by atoms with Crippen LogP contribution in [0.5, 0.6) is 0 Å². The van der Waals surface area contributed by atoms with Crippen LogP contribution < -0.4 is 5.32 Å². The van der Waals surface area contributed by atoms with Gasteiger partial charge in [0.1, 0.15) is 17.3 Å². The Morgan fingerprint density at radius 3 is 1.90 bits per heavy atom. The zero-order valence-electron chi connectivity index (χ0n) is 17.1. The van der Waals surface area contributed by atoms with Crippen molar-refractivity contribution in [3.63, 3.8) is 0 Å². The molecule has 156 valence electrons. The highest BCUT2D eigenvalue weighted by atomic mass is 19.1. The van der Waals surface area contributed by atoms with Crippen LogP contribution in [0.1, 0.15) is 22.3 Å². The summed E-state index contributed by atoms with van der Waals surface area (Å²) in [6.45, 7) is 3.88. The Balaban J connectivity index is 1.75. The average Bonchev–Trinajstić information content (AvgIpc) is 2.94. The molecule has 0 bridgehead atoms. The number of rotatable bonds is 5. The topological polar surface area (TPSA) is 49.4 Å². The second-order valence-corrected chi connectivity index (χ2v) is 7.58. The van der Waals surface area contributed by atoms with Crippen LogP contribution in [0.25, 0.3) is 5.57 Å². The van der Waals surface area contributed by atoms with E-state index in [0.717, 1.165) is 16.0 Å². The summed E-state index contributed by atoms with van der Waals surface area (Å²) in [6.07, 6.45) is 0. The van der Waals surface area contributed by atoms with E-state index < -0.39 is 23.4 Å². The third-order valence-electron chi connectivity index (χ3n) is 5.05. The molecule has 2 amide bonds. The molecule has 31 heavy (non-hydrogen) atoms. The van der Waals surface area contributed by atoms with E-state index >= 15 is 0 Å². The maximum Gasteiger partial charge on any atom is 0.278 e. The summed E-state index contributed by atoms with van der Waals surface area (Å²) < 4.78 is 26.7. The van der Waals surface area contributed by atoms with Crippen molar-refractivity contribution in [2.24, 2.45) is 0 Å². The highest BCUT2D eigenvalue weighted by Crippen LogP contribution is 2.32. The Morgan fingerprint density at radius 2 is 1.32 bits per heavy atom. The van der Waals surface area contributed by atoms with Crippen LogP contribution in [0.3, 0.4) is 0 Å². The van der Waals surface area contributed by atoms with Gasteiger partial charge in [0.25, 0.3) is 11.8 Å². The molecule has 3 aromatic rings. The van der Waals surface area contributed by atoms with Crippen LogP contribution in [0.15, 0.2) is 72.4 Å². The Kier molecular flexibility index (Phi) is 5.38. The number of nitrogens with zero attached hydrogens (tertiary/aromatic N) is 1. The monoisotopic (exact) mass is 418 g/mol. The van der Waals surface area contributed by atoms with Gasteiger partial charge in [-0.1, -0.05) is 30.3 Å². The highest BCUT2D eigenvalue weighted by Gasteiger charge is 2.39. The second-order valence-electron chi connectivity index (χ2n) is 7.58. The molecule has 1 N–H and O–H groups in total. The summed E-state index contributed by atoms with van der Waals surface area (Å²) in [6, 6.07) is 16.8. The molecule has 0 spiro atoms. The molecule has 0 radical (unpaired) electrons. The van der Waals surface area contributed by atoms with E-state index in [1.807, 2.05) is 32.0 Å². The van der Waals surface area contributed by atoms with Crippen molar-refractivity contribution in [3.05, 3.63) is 106 Å². The SMILES string of the molecule is Cc1cc(C)cc(NC2=C(c3ccc(F)cc3)C(=O)N(Cc3ccc(F)cc3)C2=O)c1. The number of carbonyl (C=O) groups is 2. The predicted octanol–water partition coefficient (Wildman–Crippen LogP) is 4.97. The number of halogens is 2. The van der Waals surface area contributed by atoms with Crippen molar-refractivity contribution in [3.8, 4) is 0 Å². The molecule has 1 heterocycles. The number of carbonyl (C=O) groups excluding carboxylic acids is 2. The quantitative estimate of drug-likeness (QED) is 0.595. The molecule has 0 aromatic heterocycles. The van der Waals surface area contributed by atoms with Gasteiger partial charge in [0.15, 0.2) is 0 Å². The number of imide groups is 1. The molecule has 4 nitrogen and oxygen atoms in total. The zero-order valence-corrected chi connectivity index (χ0v) is 17.1. The third-order valence-corrected chi connectivity index (χ3v) is 5.05. The maximum atomic E-state index is 13.5. The number of benzene rings is 3. The van der Waals surface area contributed by atoms with E-state index in [2.05, 4.69) is 5.32 Å². The molecule has 0 fully saturated rings. The minimum absolute atomic E-state index is 0.000661. The van der Waals surface area contributed by atoms with Gasteiger partial charge >= 0.3 is 0 Å². The minimum Gasteiger partial charge on any atom is -0.350 e. The molecule has 3 aromatic carbocycles. The van der Waals surface area contributed by atoms with Crippen LogP contribution in [0.2, 0.25) is 0 Å². The first kappa shape index (κ1) is 20.5. The molecule has 0 unspecified atom stereocenters. The van der Waals surface area contributed by atoms with E-state index in [9.17, 15) is 18.4 Å². The zero-order chi connectivity index (χ0) is 22.1. The van der Waals surface area contributed by atoms with Crippen molar-refractivity contribution < 1.29 is 18.4 Å². The van der Waals surface area contributed by atoms with Gasteiger partial charge in [-0.25, -0.2) is 8.78 Å². The van der Waals surface area contributed by atoms with Gasteiger partial charge in [0, 0.05) is 5.69 Å². The van der Waals surface area contributed by atoms with E-state index in [-0.39, 0.29) is 17.8 Å². The van der Waals surface area contributed by atoms with Gasteiger partial charge in [-0.15, -0.1) is 0 Å². The average molecular weight is 418 g/mol. The highest BCUT2D eigenvalue weighted by molar-refractivity contribution is 6.36. The lowest BCUT2D eigenvalue weighted by atomic mass is 10.0. The largest absolute Gasteiger partial charge is 0.350 e. The molecule has 1 aliphatic rings. The van der Waals surface area contributed by atoms with Gasteiger partial charge in [0.2, 0.25) is 0 Å². The lowest BCUT2D eigenvalue weighted by Crippen LogP contribution is -2.32. The lowest BCUT2D eigenvalue weighted by Gasteiger charge is -2.15. The first-order valence-electron chi connectivity index (χ1n) is 9.78. The van der Waals surface area contributed by atoms with Gasteiger partial charge < -0.3 is 5.32 Å². The summed E-state index contributed by atoms with van der Waals surface area (Å²) in [4.78, 5) is 27.6. The second kappa shape index (κ2) is 8.14. The molecular weight excluding hydrogens is 398 g/mol. The molecule has 0 atom stereocenters. The fourth-order valence-electron chi connectivity index (χ4n) is 3.68. The molecule has 0 saturated carbocycles. The maximum absolute atomic E-state index is 13.5. The van der Waals surface area contributed by atoms with Gasteiger partial charge in [-0.3, -0.25) is 14.5 Å². The molecular formula is C25H20F2N2O2. The van der Waals surface area contributed by atoms with E-state index in [1.165, 1.54) is 48.5 Å². The standard InChI is InChI=1S/C25H20F2N2O2/c1-15-11-16(2)13-21(12-15)28-23-22(18-5-9-20(27)10-6-18)24(30)29(25(23)31)14-17-3-7-19(26)8-4-17/h3-13,28H,14H2,1-2H3. The summed E-state index contributed by atoms with van der Waals surface area (Å²) >= 11 is 0. The molecule has 0 saturated heterocycles. The summed E-state index contributed by atoms with van der Waals surface area (Å²) in [5.41, 5.74) is 4.05. The van der Waals surface area contributed by atoms with Crippen LogP contribution in [0, 0.1) is 25.5 Å². The van der Waals surface area contributed by atoms with E-state index in [1.54, 1.807) is 0 Å². The summed E-state index contributed by atoms with van der Waals surface area (Å²) in [5, 5.41) is 3.10. The minimum atomic E-state index is -0.493. The Morgan fingerprint density at radius 1 is 0.774 bits per heavy atom. The van der Waals surface area contributed by atoms with Crippen molar-refractivity contribution in [2.75, 3.05) is 5.32 Å². The Labute approximate surface area is 178 Å². The Hall–Kier alpha value is -3.80. The number of aryl methyl sites for hydroxylation is 2. The van der Waals surface area contributed by atoms with E-state index in [4.69, 9.17) is 0 Å². The normalized spacial score (nSPS) is 13.9. The number of anilines is 1. The van der Waals surface area contributed by atoms with Crippen LogP contribution in [-0.4, -0.2) is 16.7 Å². The molecule has 1 aliphatic heterocycles. The van der Waals surface area contributed by atoms with Crippen LogP contribution >= 0.6 is 0 Å².